The van der Waals surface area contributed by atoms with Gasteiger partial charge in [-0.05, 0) is 54.4 Å². The number of anilines is 1. The summed E-state index contributed by atoms with van der Waals surface area (Å²) in [6.45, 7) is 4.18. The molecule has 0 radical (unpaired) electrons. The van der Waals surface area contributed by atoms with Crippen molar-refractivity contribution in [1.82, 2.24) is 14.2 Å². The number of rotatable bonds is 7. The van der Waals surface area contributed by atoms with E-state index in [0.717, 1.165) is 18.4 Å². The summed E-state index contributed by atoms with van der Waals surface area (Å²) < 4.78 is 3.13. The van der Waals surface area contributed by atoms with E-state index in [1.165, 1.54) is 15.8 Å². The SMILES string of the molecule is CC(C)c1cc2c(=O)n(CC(=O)CC/C3=C/C=N/C=C4\CC4C3)nc(N(C)C)n2c1. The maximum absolute atomic E-state index is 13.0. The van der Waals surface area contributed by atoms with E-state index < -0.39 is 0 Å². The molecule has 30 heavy (non-hydrogen) atoms. The second kappa shape index (κ2) is 8.05. The number of hydrogen-bond donors (Lipinski definition) is 0. The summed E-state index contributed by atoms with van der Waals surface area (Å²) in [5.41, 5.74) is 4.05. The van der Waals surface area contributed by atoms with Crippen LogP contribution in [0.2, 0.25) is 0 Å². The van der Waals surface area contributed by atoms with Crippen LogP contribution in [0.1, 0.15) is 51.0 Å². The maximum atomic E-state index is 13.0. The van der Waals surface area contributed by atoms with Gasteiger partial charge in [0, 0.05) is 39.1 Å². The Morgan fingerprint density at radius 1 is 1.30 bits per heavy atom. The predicted molar refractivity (Wildman–Crippen MR) is 119 cm³/mol. The third kappa shape index (κ3) is 4.15. The standard InChI is InChI=1S/C23H29N5O2/c1-15(2)19-11-21-22(30)28(25-23(26(3)4)27(21)13-19)14-20(29)6-5-16-7-8-24-12-18-10-17(18)9-16/h7-8,11-13,15,17H,5-6,9-10,14H2,1-4H3/b16-7-,18-12+,24-8+. The molecule has 3 heterocycles. The highest BCUT2D eigenvalue weighted by molar-refractivity contribution is 5.79. The first kappa shape index (κ1) is 20.3. The Morgan fingerprint density at radius 2 is 2.10 bits per heavy atom. The van der Waals surface area contributed by atoms with E-state index in [4.69, 9.17) is 0 Å². The van der Waals surface area contributed by atoms with Gasteiger partial charge in [0.15, 0.2) is 5.78 Å². The van der Waals surface area contributed by atoms with Gasteiger partial charge < -0.3 is 4.90 Å². The molecule has 0 bridgehead atoms. The van der Waals surface area contributed by atoms with Crippen molar-refractivity contribution in [1.29, 1.82) is 0 Å². The zero-order valence-corrected chi connectivity index (χ0v) is 18.1. The van der Waals surface area contributed by atoms with Crippen LogP contribution in [0, 0.1) is 5.92 Å². The molecular weight excluding hydrogens is 378 g/mol. The average molecular weight is 408 g/mol. The smallest absolute Gasteiger partial charge is 0.291 e. The molecule has 1 unspecified atom stereocenters. The van der Waals surface area contributed by atoms with E-state index in [-0.39, 0.29) is 17.9 Å². The number of carbonyl (C=O) groups is 1. The van der Waals surface area contributed by atoms with Gasteiger partial charge in [-0.1, -0.05) is 19.4 Å². The van der Waals surface area contributed by atoms with Crippen molar-refractivity contribution >= 4 is 23.5 Å². The minimum Gasteiger partial charge on any atom is -0.347 e. The van der Waals surface area contributed by atoms with Crippen molar-refractivity contribution in [2.45, 2.75) is 52.0 Å². The molecule has 4 rings (SSSR count). The van der Waals surface area contributed by atoms with Gasteiger partial charge in [0.1, 0.15) is 12.1 Å². The van der Waals surface area contributed by atoms with Crippen molar-refractivity contribution in [2.75, 3.05) is 19.0 Å². The Labute approximate surface area is 176 Å². The van der Waals surface area contributed by atoms with Gasteiger partial charge in [-0.3, -0.25) is 19.0 Å². The fourth-order valence-electron chi connectivity index (χ4n) is 3.87. The van der Waals surface area contributed by atoms with Gasteiger partial charge in [0.2, 0.25) is 5.95 Å². The molecule has 0 amide bonds. The summed E-state index contributed by atoms with van der Waals surface area (Å²) in [7, 11) is 3.77. The normalized spacial score (nSPS) is 22.5. The Kier molecular flexibility index (Phi) is 5.45. The number of ketones is 1. The fourth-order valence-corrected chi connectivity index (χ4v) is 3.87. The summed E-state index contributed by atoms with van der Waals surface area (Å²) in [6.07, 6.45) is 11.0. The summed E-state index contributed by atoms with van der Waals surface area (Å²) in [6, 6.07) is 1.90. The molecule has 158 valence electrons. The number of aliphatic imine (C=N–C) groups is 1. The van der Waals surface area contributed by atoms with Crippen molar-refractivity contribution < 1.29 is 4.79 Å². The first-order valence-electron chi connectivity index (χ1n) is 10.6. The van der Waals surface area contributed by atoms with E-state index in [1.54, 1.807) is 0 Å². The molecule has 0 N–H and O–H groups in total. The second-order valence-electron chi connectivity index (χ2n) is 8.81. The van der Waals surface area contributed by atoms with Crippen LogP contribution < -0.4 is 10.5 Å². The predicted octanol–water partition coefficient (Wildman–Crippen LogP) is 3.34. The number of fused-ring (bicyclic) bond motifs is 2. The van der Waals surface area contributed by atoms with Crippen LogP contribution >= 0.6 is 0 Å². The largest absolute Gasteiger partial charge is 0.347 e. The first-order valence-corrected chi connectivity index (χ1v) is 10.6. The van der Waals surface area contributed by atoms with Crippen LogP contribution in [0.5, 0.6) is 0 Å². The van der Waals surface area contributed by atoms with Crippen molar-refractivity contribution in [2.24, 2.45) is 10.9 Å². The highest BCUT2D eigenvalue weighted by atomic mass is 16.1. The van der Waals surface area contributed by atoms with Gasteiger partial charge in [-0.2, -0.15) is 0 Å². The zero-order chi connectivity index (χ0) is 21.4. The van der Waals surface area contributed by atoms with Crippen LogP contribution in [-0.4, -0.2) is 40.3 Å². The molecule has 0 spiro atoms. The molecule has 1 aliphatic heterocycles. The molecular formula is C23H29N5O2. The molecule has 2 aromatic rings. The molecule has 1 aliphatic carbocycles. The highest BCUT2D eigenvalue weighted by Gasteiger charge is 2.30. The van der Waals surface area contributed by atoms with Gasteiger partial charge in [-0.25, -0.2) is 4.68 Å². The fraction of sp³-hybridized carbons (Fsp3) is 0.478. The quantitative estimate of drug-likeness (QED) is 0.706. The molecule has 1 fully saturated rings. The molecule has 7 nitrogen and oxygen atoms in total. The van der Waals surface area contributed by atoms with Gasteiger partial charge in [-0.15, -0.1) is 5.10 Å². The Hall–Kier alpha value is -2.96. The van der Waals surface area contributed by atoms with Gasteiger partial charge >= 0.3 is 0 Å². The number of carbonyl (C=O) groups excluding carboxylic acids is 1. The summed E-state index contributed by atoms with van der Waals surface area (Å²) in [5.74, 6) is 1.55. The summed E-state index contributed by atoms with van der Waals surface area (Å²) in [5, 5.41) is 4.48. The van der Waals surface area contributed by atoms with Crippen molar-refractivity contribution in [3.8, 4) is 0 Å². The van der Waals surface area contributed by atoms with Crippen molar-refractivity contribution in [3.63, 3.8) is 0 Å². The van der Waals surface area contributed by atoms with Crippen LogP contribution in [0.25, 0.3) is 5.52 Å². The molecule has 1 saturated carbocycles. The van der Waals surface area contributed by atoms with E-state index >= 15 is 0 Å². The lowest BCUT2D eigenvalue weighted by atomic mass is 10.0. The third-order valence-electron chi connectivity index (χ3n) is 5.83. The van der Waals surface area contributed by atoms with Crippen LogP contribution in [0.3, 0.4) is 0 Å². The van der Waals surface area contributed by atoms with E-state index in [0.29, 0.717) is 36.1 Å². The van der Waals surface area contributed by atoms with Gasteiger partial charge in [0.25, 0.3) is 5.56 Å². The minimum atomic E-state index is -0.231. The topological polar surface area (TPSA) is 72.0 Å². The number of allylic oxidation sites excluding steroid dienone is 3. The molecule has 2 aliphatic rings. The molecule has 0 aromatic carbocycles. The minimum absolute atomic E-state index is 0.00564. The van der Waals surface area contributed by atoms with Crippen molar-refractivity contribution in [3.05, 3.63) is 51.6 Å². The lowest BCUT2D eigenvalue weighted by Gasteiger charge is -2.15. The number of nitrogens with zero attached hydrogens (tertiary/aromatic N) is 5. The lowest BCUT2D eigenvalue weighted by molar-refractivity contribution is -0.119. The first-order chi connectivity index (χ1) is 14.3. The molecule has 1 atom stereocenters. The monoisotopic (exact) mass is 407 g/mol. The number of Topliss-reactive ketones (excluding diaryl/α,β-unsaturated/α-hetero) is 1. The second-order valence-corrected chi connectivity index (χ2v) is 8.81. The van der Waals surface area contributed by atoms with E-state index in [2.05, 4.69) is 23.9 Å². The van der Waals surface area contributed by atoms with Gasteiger partial charge in [0.05, 0.1) is 0 Å². The summed E-state index contributed by atoms with van der Waals surface area (Å²) >= 11 is 0. The molecule has 0 saturated heterocycles. The van der Waals surface area contributed by atoms with Crippen LogP contribution in [0.4, 0.5) is 5.95 Å². The number of aromatic nitrogens is 3. The third-order valence-corrected chi connectivity index (χ3v) is 5.83. The highest BCUT2D eigenvalue weighted by Crippen LogP contribution is 2.43. The average Bonchev–Trinajstić information content (AvgIpc) is 3.22. The number of hydrogen-bond acceptors (Lipinski definition) is 5. The van der Waals surface area contributed by atoms with Crippen LogP contribution in [0.15, 0.2) is 45.5 Å². The Bertz CT molecular complexity index is 1130. The zero-order valence-electron chi connectivity index (χ0n) is 18.1. The molecule has 2 aromatic heterocycles. The van der Waals surface area contributed by atoms with Crippen LogP contribution in [-0.2, 0) is 11.3 Å². The lowest BCUT2D eigenvalue weighted by Crippen LogP contribution is -2.31. The summed E-state index contributed by atoms with van der Waals surface area (Å²) in [4.78, 5) is 31.8. The maximum Gasteiger partial charge on any atom is 0.291 e. The van der Waals surface area contributed by atoms with E-state index in [1.807, 2.05) is 54.1 Å². The Balaban J connectivity index is 1.52. The Morgan fingerprint density at radius 3 is 2.83 bits per heavy atom. The van der Waals surface area contributed by atoms with E-state index in [9.17, 15) is 9.59 Å². The molecule has 7 heteroatoms.